The lowest BCUT2D eigenvalue weighted by molar-refractivity contribution is -0.318. The Balaban J connectivity index is 2.15. The summed E-state index contributed by atoms with van der Waals surface area (Å²) in [7, 11) is 5.27. The second-order valence-electron chi connectivity index (χ2n) is 16.7. The van der Waals surface area contributed by atoms with Crippen LogP contribution >= 0.6 is 0 Å². The molecule has 3 aliphatic heterocycles. The molecule has 0 aliphatic carbocycles. The van der Waals surface area contributed by atoms with Crippen molar-refractivity contribution in [3.63, 3.8) is 0 Å². The van der Waals surface area contributed by atoms with E-state index >= 15 is 0 Å². The predicted octanol–water partition coefficient (Wildman–Crippen LogP) is 1.56. The first kappa shape index (κ1) is 44.4. The number of ether oxygens (including phenoxy) is 6. The van der Waals surface area contributed by atoms with Crippen LogP contribution in [-0.2, 0) is 33.2 Å². The minimum atomic E-state index is -1.80. The first-order valence-electron chi connectivity index (χ1n) is 18.8. The van der Waals surface area contributed by atoms with E-state index in [1.165, 1.54) is 14.0 Å². The Morgan fingerprint density at radius 1 is 0.941 bits per heavy atom. The molecular weight excluding hydrogens is 664 g/mol. The quantitative estimate of drug-likeness (QED) is 0.207. The first-order valence-corrected chi connectivity index (χ1v) is 18.8. The zero-order chi connectivity index (χ0) is 38.8. The van der Waals surface area contributed by atoms with Gasteiger partial charge in [0.15, 0.2) is 12.6 Å². The summed E-state index contributed by atoms with van der Waals surface area (Å²) >= 11 is 0. The van der Waals surface area contributed by atoms with E-state index in [2.05, 4.69) is 5.32 Å². The highest BCUT2D eigenvalue weighted by Crippen LogP contribution is 2.40. The molecule has 0 radical (unpaired) electrons. The number of carbonyl (C=O) groups excluding carboxylic acids is 1. The van der Waals surface area contributed by atoms with Crippen LogP contribution in [0.3, 0.4) is 0 Å². The van der Waals surface area contributed by atoms with Crippen molar-refractivity contribution in [2.24, 2.45) is 17.8 Å². The van der Waals surface area contributed by atoms with Crippen molar-refractivity contribution in [2.75, 3.05) is 27.7 Å². The molecule has 3 heterocycles. The molecule has 14 nitrogen and oxygen atoms in total. The molecular formula is C37H70N2O12. The Labute approximate surface area is 305 Å². The average molecular weight is 735 g/mol. The van der Waals surface area contributed by atoms with Crippen molar-refractivity contribution in [2.45, 2.75) is 185 Å². The topological polar surface area (TPSA) is 189 Å². The molecule has 3 rings (SSSR count). The molecule has 3 unspecified atom stereocenters. The van der Waals surface area contributed by atoms with E-state index in [1.807, 2.05) is 39.8 Å². The van der Waals surface area contributed by atoms with Gasteiger partial charge < -0.3 is 64.2 Å². The number of cyclic esters (lactones) is 1. The molecule has 51 heavy (non-hydrogen) atoms. The standard InChI is InChI=1S/C37H70N2O12/c1-14-26-37(10,45)30(41)23(6)38-18-19(2)16-35(8,44)32(51-34-28(40)25(39(11)12)15-20(3)47-34)21(4)29(22(5)33(43)49-26)50-27-17-36(9,46-13)31(42)24(7)48-27/h19-32,34,38,40-42,44-45H,14-18H2,1-13H3/t19-,20-,21+,22-,23-,24-,25?,26-,27+,28?,29+,30-,31+,32-,34+,35-,36?,37-/m1/s1. The number of esters is 1. The van der Waals surface area contributed by atoms with Gasteiger partial charge in [0.25, 0.3) is 0 Å². The molecule has 14 heteroatoms. The molecule has 3 aliphatic rings. The Hall–Kier alpha value is -1.01. The fourth-order valence-electron chi connectivity index (χ4n) is 8.36. The lowest BCUT2D eigenvalue weighted by Gasteiger charge is -2.48. The first-order chi connectivity index (χ1) is 23.5. The van der Waals surface area contributed by atoms with E-state index < -0.39 is 96.0 Å². The van der Waals surface area contributed by atoms with Crippen LogP contribution in [0, 0.1) is 17.8 Å². The maximum atomic E-state index is 14.1. The summed E-state index contributed by atoms with van der Waals surface area (Å²) < 4.78 is 37.4. The normalized spacial score (nSPS) is 49.9. The predicted molar refractivity (Wildman–Crippen MR) is 190 cm³/mol. The summed E-state index contributed by atoms with van der Waals surface area (Å²) in [5, 5.41) is 60.9. The molecule has 300 valence electrons. The van der Waals surface area contributed by atoms with E-state index in [-0.39, 0.29) is 37.3 Å². The monoisotopic (exact) mass is 734 g/mol. The highest BCUT2D eigenvalue weighted by atomic mass is 16.7. The number of methoxy groups -OCH3 is 1. The summed E-state index contributed by atoms with van der Waals surface area (Å²) in [6, 6.07) is -0.858. The summed E-state index contributed by atoms with van der Waals surface area (Å²) in [6.07, 6.45) is -8.22. The van der Waals surface area contributed by atoms with Crippen molar-refractivity contribution in [3.05, 3.63) is 0 Å². The van der Waals surface area contributed by atoms with Crippen LogP contribution in [0.2, 0.25) is 0 Å². The minimum Gasteiger partial charge on any atom is -0.459 e. The average Bonchev–Trinajstić information content (AvgIpc) is 3.05. The molecule has 3 fully saturated rings. The van der Waals surface area contributed by atoms with E-state index in [4.69, 9.17) is 28.4 Å². The van der Waals surface area contributed by atoms with Gasteiger partial charge >= 0.3 is 5.97 Å². The number of likely N-dealkylation sites (N-methyl/N-ethyl adjacent to an activating group) is 1. The fourth-order valence-corrected chi connectivity index (χ4v) is 8.36. The number of aliphatic hydroxyl groups is 5. The smallest absolute Gasteiger partial charge is 0.311 e. The molecule has 0 aromatic heterocycles. The highest BCUT2D eigenvalue weighted by molar-refractivity contribution is 5.73. The van der Waals surface area contributed by atoms with Gasteiger partial charge in [0.2, 0.25) is 0 Å². The number of hydrogen-bond acceptors (Lipinski definition) is 14. The van der Waals surface area contributed by atoms with Crippen molar-refractivity contribution < 1.29 is 58.7 Å². The molecule has 0 spiro atoms. The van der Waals surface area contributed by atoms with Gasteiger partial charge in [0, 0.05) is 31.5 Å². The Morgan fingerprint density at radius 3 is 2.14 bits per heavy atom. The van der Waals surface area contributed by atoms with Crippen LogP contribution in [0.5, 0.6) is 0 Å². The number of nitrogens with zero attached hydrogens (tertiary/aromatic N) is 1. The van der Waals surface area contributed by atoms with Crippen molar-refractivity contribution in [3.8, 4) is 0 Å². The van der Waals surface area contributed by atoms with Gasteiger partial charge in [-0.15, -0.1) is 0 Å². The van der Waals surface area contributed by atoms with Crippen molar-refractivity contribution >= 4 is 5.97 Å². The highest BCUT2D eigenvalue weighted by Gasteiger charge is 2.52. The number of nitrogens with one attached hydrogen (secondary N) is 1. The Kier molecular flexibility index (Phi) is 15.3. The lowest BCUT2D eigenvalue weighted by Crippen LogP contribution is -2.60. The second kappa shape index (κ2) is 17.6. The Bertz CT molecular complexity index is 1110. The minimum absolute atomic E-state index is 0.132. The zero-order valence-corrected chi connectivity index (χ0v) is 33.2. The van der Waals surface area contributed by atoms with Gasteiger partial charge in [-0.3, -0.25) is 4.79 Å². The van der Waals surface area contributed by atoms with Crippen LogP contribution in [0.1, 0.15) is 94.9 Å². The van der Waals surface area contributed by atoms with E-state index in [1.54, 1.807) is 41.5 Å². The maximum Gasteiger partial charge on any atom is 0.311 e. The SMILES string of the molecule is CC[C@H]1OC(=O)[C@H](C)[C@@H](O[C@H]2CC(C)(OC)[C@@H](O)[C@@H](C)O2)[C@H](C)[C@@H](O[C@@H]2O[C@H](C)CC(N(C)C)C2O)[C@](C)(O)C[C@@H](C)CN[C@H](C)[C@@H](O)[C@]1(C)O. The van der Waals surface area contributed by atoms with Crippen molar-refractivity contribution in [1.29, 1.82) is 0 Å². The van der Waals surface area contributed by atoms with E-state index in [0.29, 0.717) is 13.0 Å². The van der Waals surface area contributed by atoms with Gasteiger partial charge in [-0.05, 0) is 94.3 Å². The summed E-state index contributed by atoms with van der Waals surface area (Å²) in [6.45, 7) is 17.8. The van der Waals surface area contributed by atoms with Crippen LogP contribution in [0.15, 0.2) is 0 Å². The number of rotatable bonds is 7. The number of hydrogen-bond donors (Lipinski definition) is 6. The third-order valence-corrected chi connectivity index (χ3v) is 11.7. The molecule has 0 aromatic carbocycles. The largest absolute Gasteiger partial charge is 0.459 e. The third kappa shape index (κ3) is 10.2. The van der Waals surface area contributed by atoms with Gasteiger partial charge in [0.1, 0.15) is 30.0 Å². The molecule has 0 amide bonds. The molecule has 3 saturated heterocycles. The Morgan fingerprint density at radius 2 is 1.57 bits per heavy atom. The van der Waals surface area contributed by atoms with Gasteiger partial charge in [-0.2, -0.15) is 0 Å². The van der Waals surface area contributed by atoms with Crippen molar-refractivity contribution in [1.82, 2.24) is 10.2 Å². The zero-order valence-electron chi connectivity index (χ0n) is 33.2. The van der Waals surface area contributed by atoms with Crippen LogP contribution in [0.25, 0.3) is 0 Å². The van der Waals surface area contributed by atoms with Gasteiger partial charge in [-0.25, -0.2) is 0 Å². The second-order valence-corrected chi connectivity index (χ2v) is 16.7. The van der Waals surface area contributed by atoms with Crippen LogP contribution in [-0.4, -0.2) is 154 Å². The summed E-state index contributed by atoms with van der Waals surface area (Å²) in [5.41, 5.74) is -4.37. The number of aliphatic hydroxyl groups excluding tert-OH is 3. The third-order valence-electron chi connectivity index (χ3n) is 11.7. The van der Waals surface area contributed by atoms with E-state index in [0.717, 1.165) is 0 Å². The molecule has 0 bridgehead atoms. The molecule has 0 saturated carbocycles. The van der Waals surface area contributed by atoms with E-state index in [9.17, 15) is 30.3 Å². The fraction of sp³-hybridized carbons (Fsp3) is 0.973. The summed E-state index contributed by atoms with van der Waals surface area (Å²) in [4.78, 5) is 16.1. The maximum absolute atomic E-state index is 14.1. The molecule has 0 aromatic rings. The molecule has 18 atom stereocenters. The van der Waals surface area contributed by atoms with Gasteiger partial charge in [-0.1, -0.05) is 20.8 Å². The summed E-state index contributed by atoms with van der Waals surface area (Å²) in [5.74, 6) is -2.60. The molecule has 6 N–H and O–H groups in total. The van der Waals surface area contributed by atoms with Crippen LogP contribution in [0.4, 0.5) is 0 Å². The van der Waals surface area contributed by atoms with Gasteiger partial charge in [0.05, 0.1) is 41.5 Å². The number of carbonyl (C=O) groups is 1. The lowest BCUT2D eigenvalue weighted by atomic mass is 9.77. The van der Waals surface area contributed by atoms with Crippen LogP contribution < -0.4 is 5.32 Å².